The maximum atomic E-state index is 5.74. The van der Waals surface area contributed by atoms with Crippen molar-refractivity contribution < 1.29 is 4.42 Å². The van der Waals surface area contributed by atoms with Gasteiger partial charge in [-0.3, -0.25) is 4.90 Å². The van der Waals surface area contributed by atoms with Gasteiger partial charge in [0, 0.05) is 25.5 Å². The number of rotatable bonds is 8. The first-order valence-corrected chi connectivity index (χ1v) is 10.7. The smallest absolute Gasteiger partial charge is 0.191 e. The van der Waals surface area contributed by atoms with Crippen LogP contribution in [-0.4, -0.2) is 46.6 Å². The van der Waals surface area contributed by atoms with E-state index in [-0.39, 0.29) is 6.04 Å². The van der Waals surface area contributed by atoms with Gasteiger partial charge in [0.05, 0.1) is 30.9 Å². The second kappa shape index (κ2) is 10.1. The number of nitrogens with one attached hydrogen (secondary N) is 2. The van der Waals surface area contributed by atoms with E-state index >= 15 is 0 Å². The lowest BCUT2D eigenvalue weighted by Gasteiger charge is -2.26. The largest absolute Gasteiger partial charge is 0.468 e. The van der Waals surface area contributed by atoms with E-state index in [2.05, 4.69) is 45.6 Å². The van der Waals surface area contributed by atoms with Crippen molar-refractivity contribution in [2.24, 2.45) is 4.99 Å². The van der Waals surface area contributed by atoms with E-state index < -0.39 is 0 Å². The second-order valence-electron chi connectivity index (χ2n) is 7.45. The van der Waals surface area contributed by atoms with Crippen molar-refractivity contribution in [2.45, 2.75) is 32.4 Å². The standard InChI is InChI=1S/C23H30N6O/c1-2-25-23(26-16-19-8-3-4-9-20(19)29-14-11-24-18-29)27-17-21(22-10-7-15-30-22)28-12-5-6-13-28/h3-4,7-11,14-15,18,21H,2,5-6,12-13,16-17H2,1H3,(H2,25,26,27). The molecule has 4 rings (SSSR count). The molecule has 0 bridgehead atoms. The molecule has 0 radical (unpaired) electrons. The van der Waals surface area contributed by atoms with Crippen LogP contribution < -0.4 is 10.6 Å². The Morgan fingerprint density at radius 3 is 2.77 bits per heavy atom. The number of guanidine groups is 1. The topological polar surface area (TPSA) is 70.6 Å². The molecule has 3 heterocycles. The van der Waals surface area contributed by atoms with Gasteiger partial charge in [-0.05, 0) is 56.6 Å². The third-order valence-corrected chi connectivity index (χ3v) is 5.44. The van der Waals surface area contributed by atoms with Crippen molar-refractivity contribution in [1.82, 2.24) is 25.1 Å². The van der Waals surface area contributed by atoms with Crippen LogP contribution in [0.3, 0.4) is 0 Å². The van der Waals surface area contributed by atoms with Gasteiger partial charge in [-0.1, -0.05) is 18.2 Å². The highest BCUT2D eigenvalue weighted by molar-refractivity contribution is 5.79. The van der Waals surface area contributed by atoms with Gasteiger partial charge in [0.1, 0.15) is 5.76 Å². The lowest BCUT2D eigenvalue weighted by Crippen LogP contribution is -2.42. The maximum absolute atomic E-state index is 5.74. The number of imidazole rings is 1. The molecule has 30 heavy (non-hydrogen) atoms. The van der Waals surface area contributed by atoms with Gasteiger partial charge >= 0.3 is 0 Å². The Morgan fingerprint density at radius 1 is 1.17 bits per heavy atom. The molecule has 0 saturated carbocycles. The van der Waals surface area contributed by atoms with Gasteiger partial charge in [0.25, 0.3) is 0 Å². The molecular formula is C23H30N6O. The van der Waals surface area contributed by atoms with Crippen LogP contribution in [0.4, 0.5) is 0 Å². The van der Waals surface area contributed by atoms with Gasteiger partial charge in [0.15, 0.2) is 5.96 Å². The molecule has 2 aromatic heterocycles. The zero-order chi connectivity index (χ0) is 20.6. The number of furan rings is 1. The number of hydrogen-bond donors (Lipinski definition) is 2. The lowest BCUT2D eigenvalue weighted by molar-refractivity contribution is 0.215. The molecular weight excluding hydrogens is 376 g/mol. The monoisotopic (exact) mass is 406 g/mol. The van der Waals surface area contributed by atoms with Gasteiger partial charge in [-0.15, -0.1) is 0 Å². The normalized spacial score (nSPS) is 16.0. The molecule has 3 aromatic rings. The van der Waals surface area contributed by atoms with Gasteiger partial charge in [0.2, 0.25) is 0 Å². The third-order valence-electron chi connectivity index (χ3n) is 5.44. The van der Waals surface area contributed by atoms with Crippen molar-refractivity contribution in [3.8, 4) is 5.69 Å². The molecule has 1 aromatic carbocycles. The molecule has 1 unspecified atom stereocenters. The summed E-state index contributed by atoms with van der Waals surface area (Å²) in [5.41, 5.74) is 2.25. The number of hydrogen-bond acceptors (Lipinski definition) is 4. The van der Waals surface area contributed by atoms with E-state index in [1.54, 1.807) is 12.5 Å². The minimum absolute atomic E-state index is 0.213. The molecule has 7 nitrogen and oxygen atoms in total. The van der Waals surface area contributed by atoms with Crippen LogP contribution in [-0.2, 0) is 6.54 Å². The molecule has 7 heteroatoms. The molecule has 1 saturated heterocycles. The van der Waals surface area contributed by atoms with Crippen molar-refractivity contribution in [1.29, 1.82) is 0 Å². The molecule has 1 aliphatic heterocycles. The molecule has 0 amide bonds. The van der Waals surface area contributed by atoms with Crippen LogP contribution in [0.15, 0.2) is 70.8 Å². The summed E-state index contributed by atoms with van der Waals surface area (Å²) in [5, 5.41) is 6.90. The Morgan fingerprint density at radius 2 is 2.03 bits per heavy atom. The fourth-order valence-corrected chi connectivity index (χ4v) is 3.94. The lowest BCUT2D eigenvalue weighted by atomic mass is 10.2. The number of para-hydroxylation sites is 1. The average molecular weight is 407 g/mol. The van der Waals surface area contributed by atoms with Crippen LogP contribution in [0.1, 0.15) is 37.1 Å². The van der Waals surface area contributed by atoms with Crippen molar-refractivity contribution in [2.75, 3.05) is 26.2 Å². The Labute approximate surface area is 177 Å². The van der Waals surface area contributed by atoms with Crippen LogP contribution in [0, 0.1) is 0 Å². The summed E-state index contributed by atoms with van der Waals surface area (Å²) in [4.78, 5) is 11.5. The maximum Gasteiger partial charge on any atom is 0.191 e. The summed E-state index contributed by atoms with van der Waals surface area (Å²) in [7, 11) is 0. The first kappa shape index (κ1) is 20.2. The summed E-state index contributed by atoms with van der Waals surface area (Å²) in [6.45, 7) is 6.45. The summed E-state index contributed by atoms with van der Waals surface area (Å²) >= 11 is 0. The highest BCUT2D eigenvalue weighted by Gasteiger charge is 2.25. The van der Waals surface area contributed by atoms with Crippen molar-refractivity contribution in [3.63, 3.8) is 0 Å². The predicted octanol–water partition coefficient (Wildman–Crippen LogP) is 3.36. The van der Waals surface area contributed by atoms with E-state index in [0.29, 0.717) is 6.54 Å². The second-order valence-corrected chi connectivity index (χ2v) is 7.45. The highest BCUT2D eigenvalue weighted by atomic mass is 16.3. The molecule has 0 aliphatic carbocycles. The van der Waals surface area contributed by atoms with Crippen LogP contribution in [0.5, 0.6) is 0 Å². The van der Waals surface area contributed by atoms with Gasteiger partial charge < -0.3 is 19.6 Å². The minimum atomic E-state index is 0.213. The van der Waals surface area contributed by atoms with Gasteiger partial charge in [-0.25, -0.2) is 9.98 Å². The van der Waals surface area contributed by atoms with Crippen LogP contribution in [0.25, 0.3) is 5.69 Å². The quantitative estimate of drug-likeness (QED) is 0.443. The highest BCUT2D eigenvalue weighted by Crippen LogP contribution is 2.24. The number of aromatic nitrogens is 2. The Hall–Kier alpha value is -3.06. The summed E-state index contributed by atoms with van der Waals surface area (Å²) in [6, 6.07) is 12.5. The zero-order valence-corrected chi connectivity index (χ0v) is 17.5. The SMILES string of the molecule is CCNC(=NCc1ccccc1-n1ccnc1)NCC(c1ccco1)N1CCCC1. The van der Waals surface area contributed by atoms with Crippen LogP contribution in [0.2, 0.25) is 0 Å². The van der Waals surface area contributed by atoms with E-state index in [0.717, 1.165) is 49.1 Å². The fourth-order valence-electron chi connectivity index (χ4n) is 3.94. The summed E-state index contributed by atoms with van der Waals surface area (Å²) in [5.74, 6) is 1.82. The van der Waals surface area contributed by atoms with E-state index in [1.807, 2.05) is 35.3 Å². The Bertz CT molecular complexity index is 913. The Balaban J connectivity index is 1.47. The fraction of sp³-hybridized carbons (Fsp3) is 0.391. The number of benzene rings is 1. The molecule has 0 spiro atoms. The number of likely N-dealkylation sites (tertiary alicyclic amines) is 1. The minimum Gasteiger partial charge on any atom is -0.468 e. The van der Waals surface area contributed by atoms with E-state index in [9.17, 15) is 0 Å². The van der Waals surface area contributed by atoms with Crippen molar-refractivity contribution in [3.05, 3.63) is 72.7 Å². The summed E-state index contributed by atoms with van der Waals surface area (Å²) in [6.07, 6.45) is 9.81. The third kappa shape index (κ3) is 4.91. The first-order chi connectivity index (χ1) is 14.8. The zero-order valence-electron chi connectivity index (χ0n) is 17.5. The van der Waals surface area contributed by atoms with Gasteiger partial charge in [-0.2, -0.15) is 0 Å². The molecule has 1 fully saturated rings. The van der Waals surface area contributed by atoms with Crippen LogP contribution >= 0.6 is 0 Å². The van der Waals surface area contributed by atoms with Crippen molar-refractivity contribution >= 4 is 5.96 Å². The summed E-state index contributed by atoms with van der Waals surface area (Å²) < 4.78 is 7.76. The first-order valence-electron chi connectivity index (χ1n) is 10.7. The predicted molar refractivity (Wildman–Crippen MR) is 119 cm³/mol. The van der Waals surface area contributed by atoms with E-state index in [4.69, 9.17) is 9.41 Å². The number of aliphatic imine (C=N–C) groups is 1. The molecule has 2 N–H and O–H groups in total. The number of nitrogens with zero attached hydrogens (tertiary/aromatic N) is 4. The Kier molecular flexibility index (Phi) is 6.82. The molecule has 1 aliphatic rings. The average Bonchev–Trinajstić information content (AvgIpc) is 3.56. The molecule has 1 atom stereocenters. The van der Waals surface area contributed by atoms with E-state index in [1.165, 1.54) is 12.8 Å². The molecule has 158 valence electrons.